The molecular formula is C15H12N6O. The molecule has 3 N–H and O–H groups in total. The number of nitrogens with zero attached hydrogens (tertiary/aromatic N) is 3. The Hall–Kier alpha value is -3.22. The van der Waals surface area contributed by atoms with Crippen molar-refractivity contribution in [1.82, 2.24) is 25.1 Å². The molecule has 108 valence electrons. The number of H-pyrrole nitrogens is 2. The van der Waals surface area contributed by atoms with Crippen LogP contribution in [0.4, 0.5) is 5.82 Å². The molecule has 0 bridgehead atoms. The molecule has 0 atom stereocenters. The summed E-state index contributed by atoms with van der Waals surface area (Å²) in [4.78, 5) is 23.5. The molecule has 3 heterocycles. The van der Waals surface area contributed by atoms with Crippen LogP contribution in [-0.4, -0.2) is 25.1 Å². The zero-order chi connectivity index (χ0) is 14.9. The van der Waals surface area contributed by atoms with Crippen molar-refractivity contribution in [1.29, 1.82) is 0 Å². The van der Waals surface area contributed by atoms with Gasteiger partial charge in [0.05, 0.1) is 17.4 Å². The Balaban J connectivity index is 1.66. The molecule has 22 heavy (non-hydrogen) atoms. The van der Waals surface area contributed by atoms with E-state index in [4.69, 9.17) is 0 Å². The molecule has 3 aromatic heterocycles. The Morgan fingerprint density at radius 2 is 1.95 bits per heavy atom. The number of hydrogen-bond donors (Lipinski definition) is 3. The minimum absolute atomic E-state index is 0.200. The second-order valence-electron chi connectivity index (χ2n) is 4.86. The second-order valence-corrected chi connectivity index (χ2v) is 4.86. The molecule has 0 fully saturated rings. The summed E-state index contributed by atoms with van der Waals surface area (Å²) in [6.45, 7) is 0.458. The third-order valence-electron chi connectivity index (χ3n) is 3.43. The van der Waals surface area contributed by atoms with Gasteiger partial charge in [0.25, 0.3) is 5.56 Å². The van der Waals surface area contributed by atoms with Gasteiger partial charge < -0.3 is 10.3 Å². The number of nitrogens with one attached hydrogen (secondary N) is 3. The third kappa shape index (κ3) is 2.08. The van der Waals surface area contributed by atoms with Crippen LogP contribution in [0.1, 0.15) is 5.82 Å². The molecule has 0 aliphatic carbocycles. The molecular weight excluding hydrogens is 280 g/mol. The second kappa shape index (κ2) is 4.96. The Bertz CT molecular complexity index is 986. The van der Waals surface area contributed by atoms with Crippen LogP contribution in [0.25, 0.3) is 21.9 Å². The van der Waals surface area contributed by atoms with Gasteiger partial charge in [-0.1, -0.05) is 18.2 Å². The Morgan fingerprint density at radius 1 is 1.09 bits per heavy atom. The molecule has 7 nitrogen and oxygen atoms in total. The first-order valence-corrected chi connectivity index (χ1v) is 6.82. The minimum atomic E-state index is -0.200. The average molecular weight is 292 g/mol. The zero-order valence-corrected chi connectivity index (χ0v) is 11.5. The van der Waals surface area contributed by atoms with Gasteiger partial charge in [-0.25, -0.2) is 15.1 Å². The first kappa shape index (κ1) is 12.5. The predicted molar refractivity (Wildman–Crippen MR) is 83.6 cm³/mol. The van der Waals surface area contributed by atoms with E-state index in [1.807, 2.05) is 30.3 Å². The highest BCUT2D eigenvalue weighted by Gasteiger charge is 2.07. The number of hydrogen-bond acceptors (Lipinski definition) is 5. The molecule has 7 heteroatoms. The summed E-state index contributed by atoms with van der Waals surface area (Å²) in [6, 6.07) is 11.1. The van der Waals surface area contributed by atoms with Crippen molar-refractivity contribution in [3.05, 3.63) is 58.8 Å². The SMILES string of the molecule is O=c1[nH]nc(NCc2nc3ncccc3[nH]2)c2ccccc12. The Labute approximate surface area is 124 Å². The zero-order valence-electron chi connectivity index (χ0n) is 11.5. The van der Waals surface area contributed by atoms with Gasteiger partial charge in [0.1, 0.15) is 5.82 Å². The number of aromatic nitrogens is 5. The van der Waals surface area contributed by atoms with Crippen LogP contribution in [0.2, 0.25) is 0 Å². The van der Waals surface area contributed by atoms with Gasteiger partial charge in [-0.05, 0) is 18.2 Å². The highest BCUT2D eigenvalue weighted by Crippen LogP contribution is 2.17. The minimum Gasteiger partial charge on any atom is -0.361 e. The lowest BCUT2D eigenvalue weighted by Gasteiger charge is -2.06. The molecule has 0 unspecified atom stereocenters. The summed E-state index contributed by atoms with van der Waals surface area (Å²) in [5, 5.41) is 11.1. The molecule has 0 saturated carbocycles. The first-order valence-electron chi connectivity index (χ1n) is 6.82. The maximum absolute atomic E-state index is 11.7. The van der Waals surface area contributed by atoms with Crippen molar-refractivity contribution in [3.63, 3.8) is 0 Å². The number of imidazole rings is 1. The van der Waals surface area contributed by atoms with Gasteiger partial charge in [-0.2, -0.15) is 5.10 Å². The molecule has 0 amide bonds. The number of benzene rings is 1. The van der Waals surface area contributed by atoms with Crippen LogP contribution < -0.4 is 10.9 Å². The Kier molecular flexibility index (Phi) is 2.82. The summed E-state index contributed by atoms with van der Waals surface area (Å²) in [5.41, 5.74) is 1.37. The normalized spacial score (nSPS) is 11.1. The van der Waals surface area contributed by atoms with Crippen LogP contribution in [0.5, 0.6) is 0 Å². The van der Waals surface area contributed by atoms with Crippen molar-refractivity contribution in [2.75, 3.05) is 5.32 Å². The van der Waals surface area contributed by atoms with Crippen LogP contribution in [0.3, 0.4) is 0 Å². The number of fused-ring (bicyclic) bond motifs is 2. The molecule has 0 aliphatic heterocycles. The molecule has 4 rings (SSSR count). The van der Waals surface area contributed by atoms with Gasteiger partial charge in [0, 0.05) is 11.6 Å². The van der Waals surface area contributed by atoms with E-state index in [2.05, 4.69) is 30.5 Å². The summed E-state index contributed by atoms with van der Waals surface area (Å²) < 4.78 is 0. The lowest BCUT2D eigenvalue weighted by Crippen LogP contribution is -2.12. The summed E-state index contributed by atoms with van der Waals surface area (Å²) in [6.07, 6.45) is 1.71. The topological polar surface area (TPSA) is 99.3 Å². The number of anilines is 1. The van der Waals surface area contributed by atoms with E-state index < -0.39 is 0 Å². The van der Waals surface area contributed by atoms with Crippen molar-refractivity contribution in [2.24, 2.45) is 0 Å². The number of rotatable bonds is 3. The highest BCUT2D eigenvalue weighted by molar-refractivity contribution is 5.90. The third-order valence-corrected chi connectivity index (χ3v) is 3.43. The lowest BCUT2D eigenvalue weighted by molar-refractivity contribution is 0.956. The molecule has 0 radical (unpaired) electrons. The molecule has 0 spiro atoms. The van der Waals surface area contributed by atoms with E-state index in [9.17, 15) is 4.79 Å². The number of aromatic amines is 2. The largest absolute Gasteiger partial charge is 0.361 e. The summed E-state index contributed by atoms with van der Waals surface area (Å²) >= 11 is 0. The van der Waals surface area contributed by atoms with Gasteiger partial charge in [0.15, 0.2) is 11.5 Å². The maximum atomic E-state index is 11.7. The van der Waals surface area contributed by atoms with E-state index in [1.54, 1.807) is 12.3 Å². The van der Waals surface area contributed by atoms with E-state index in [-0.39, 0.29) is 5.56 Å². The monoisotopic (exact) mass is 292 g/mol. The van der Waals surface area contributed by atoms with Gasteiger partial charge in [-0.15, -0.1) is 0 Å². The predicted octanol–water partition coefficient (Wildman–Crippen LogP) is 1.81. The molecule has 0 saturated heterocycles. The van der Waals surface area contributed by atoms with E-state index in [1.165, 1.54) is 0 Å². The van der Waals surface area contributed by atoms with E-state index in [0.717, 1.165) is 16.7 Å². The van der Waals surface area contributed by atoms with Crippen molar-refractivity contribution in [3.8, 4) is 0 Å². The first-order chi connectivity index (χ1) is 10.8. The molecule has 1 aromatic carbocycles. The maximum Gasteiger partial charge on any atom is 0.272 e. The van der Waals surface area contributed by atoms with Crippen molar-refractivity contribution in [2.45, 2.75) is 6.54 Å². The molecule has 0 aliphatic rings. The van der Waals surface area contributed by atoms with Gasteiger partial charge >= 0.3 is 0 Å². The van der Waals surface area contributed by atoms with Crippen LogP contribution in [0.15, 0.2) is 47.4 Å². The van der Waals surface area contributed by atoms with Crippen LogP contribution >= 0.6 is 0 Å². The molecule has 4 aromatic rings. The summed E-state index contributed by atoms with van der Waals surface area (Å²) in [5.74, 6) is 1.37. The fraction of sp³-hybridized carbons (Fsp3) is 0.0667. The Morgan fingerprint density at radius 3 is 2.82 bits per heavy atom. The number of pyridine rings is 1. The standard InChI is InChI=1S/C15H12N6O/c22-15-10-5-2-1-4-9(10)13(20-21-15)17-8-12-18-11-6-3-7-16-14(11)19-12/h1-7H,8H2,(H,17,20)(H,21,22)(H,16,18,19). The smallest absolute Gasteiger partial charge is 0.272 e. The highest BCUT2D eigenvalue weighted by atomic mass is 16.1. The average Bonchev–Trinajstić information content (AvgIpc) is 2.97. The van der Waals surface area contributed by atoms with Crippen LogP contribution in [0, 0.1) is 0 Å². The van der Waals surface area contributed by atoms with Gasteiger partial charge in [-0.3, -0.25) is 4.79 Å². The fourth-order valence-electron chi connectivity index (χ4n) is 2.40. The fourth-order valence-corrected chi connectivity index (χ4v) is 2.40. The van der Waals surface area contributed by atoms with Crippen LogP contribution in [-0.2, 0) is 6.54 Å². The van der Waals surface area contributed by atoms with Crippen molar-refractivity contribution >= 4 is 27.8 Å². The van der Waals surface area contributed by atoms with Gasteiger partial charge in [0.2, 0.25) is 0 Å². The lowest BCUT2D eigenvalue weighted by atomic mass is 10.2. The quantitative estimate of drug-likeness (QED) is 0.535. The van der Waals surface area contributed by atoms with E-state index in [0.29, 0.717) is 23.4 Å². The van der Waals surface area contributed by atoms with Crippen molar-refractivity contribution < 1.29 is 0 Å². The summed E-state index contributed by atoms with van der Waals surface area (Å²) in [7, 11) is 0. The van der Waals surface area contributed by atoms with E-state index >= 15 is 0 Å².